The number of nitrogens with two attached hydrogens (primary N) is 1. The molecule has 0 saturated heterocycles. The van der Waals surface area contributed by atoms with E-state index in [9.17, 15) is 0 Å². The largest absolute Gasteiger partial charge is 0.374 e. The highest BCUT2D eigenvalue weighted by molar-refractivity contribution is 5.28. The minimum Gasteiger partial charge on any atom is -0.374 e. The first kappa shape index (κ1) is 17.2. The maximum Gasteiger partial charge on any atom is 0.0805 e. The van der Waals surface area contributed by atoms with Crippen molar-refractivity contribution >= 4 is 0 Å². The Bertz CT molecular complexity index is 404. The maximum atomic E-state index is 6.38. The minimum absolute atomic E-state index is 0.0212. The van der Waals surface area contributed by atoms with Crippen molar-refractivity contribution in [1.29, 1.82) is 0 Å². The van der Waals surface area contributed by atoms with Crippen molar-refractivity contribution in [3.63, 3.8) is 0 Å². The first-order valence-corrected chi connectivity index (χ1v) is 7.72. The first-order valence-electron chi connectivity index (χ1n) is 7.72. The molecule has 0 aliphatic carbocycles. The summed E-state index contributed by atoms with van der Waals surface area (Å²) in [5.74, 6) is 0. The summed E-state index contributed by atoms with van der Waals surface area (Å²) in [4.78, 5) is 0. The van der Waals surface area contributed by atoms with E-state index in [0.717, 1.165) is 12.8 Å². The molecular formula is C18H31NO. The number of rotatable bonds is 6. The van der Waals surface area contributed by atoms with Gasteiger partial charge in [-0.2, -0.15) is 0 Å². The fraction of sp³-hybridized carbons (Fsp3) is 0.667. The van der Waals surface area contributed by atoms with E-state index >= 15 is 0 Å². The van der Waals surface area contributed by atoms with Crippen molar-refractivity contribution in [3.05, 3.63) is 35.4 Å². The third kappa shape index (κ3) is 4.32. The lowest BCUT2D eigenvalue weighted by Gasteiger charge is -2.34. The van der Waals surface area contributed by atoms with Gasteiger partial charge in [0.05, 0.1) is 5.60 Å². The SMILES string of the molecule is CCOC(C)(CC)C(N)Cc1ccc(C(C)(C)C)cc1. The molecule has 20 heavy (non-hydrogen) atoms. The number of hydrogen-bond acceptors (Lipinski definition) is 2. The molecule has 0 amide bonds. The smallest absolute Gasteiger partial charge is 0.0805 e. The molecule has 2 atom stereocenters. The quantitative estimate of drug-likeness (QED) is 0.851. The number of ether oxygens (including phenoxy) is 1. The molecule has 114 valence electrons. The normalized spacial score (nSPS) is 16.8. The summed E-state index contributed by atoms with van der Waals surface area (Å²) >= 11 is 0. The van der Waals surface area contributed by atoms with Crippen molar-refractivity contribution < 1.29 is 4.74 Å². The second kappa shape index (κ2) is 6.73. The van der Waals surface area contributed by atoms with E-state index in [4.69, 9.17) is 10.5 Å². The van der Waals surface area contributed by atoms with Crippen molar-refractivity contribution in [2.45, 2.75) is 71.4 Å². The summed E-state index contributed by atoms with van der Waals surface area (Å²) in [5.41, 5.74) is 8.98. The Balaban J connectivity index is 2.78. The lowest BCUT2D eigenvalue weighted by molar-refractivity contribution is -0.0461. The van der Waals surface area contributed by atoms with Crippen LogP contribution in [0, 0.1) is 0 Å². The van der Waals surface area contributed by atoms with Crippen LogP contribution >= 0.6 is 0 Å². The Labute approximate surface area is 124 Å². The monoisotopic (exact) mass is 277 g/mol. The summed E-state index contributed by atoms with van der Waals surface area (Å²) < 4.78 is 5.87. The lowest BCUT2D eigenvalue weighted by atomic mass is 9.85. The van der Waals surface area contributed by atoms with Crippen LogP contribution in [0.15, 0.2) is 24.3 Å². The molecule has 1 aromatic rings. The van der Waals surface area contributed by atoms with Crippen molar-refractivity contribution in [1.82, 2.24) is 0 Å². The van der Waals surface area contributed by atoms with E-state index in [1.807, 2.05) is 6.92 Å². The molecule has 2 N–H and O–H groups in total. The van der Waals surface area contributed by atoms with Crippen LogP contribution in [0.5, 0.6) is 0 Å². The molecule has 2 heteroatoms. The van der Waals surface area contributed by atoms with Crippen molar-refractivity contribution in [3.8, 4) is 0 Å². The van der Waals surface area contributed by atoms with E-state index < -0.39 is 0 Å². The van der Waals surface area contributed by atoms with Crippen LogP contribution in [0.1, 0.15) is 59.1 Å². The van der Waals surface area contributed by atoms with Gasteiger partial charge >= 0.3 is 0 Å². The molecule has 0 aliphatic rings. The molecule has 1 rings (SSSR count). The maximum absolute atomic E-state index is 6.38. The Morgan fingerprint density at radius 3 is 2.00 bits per heavy atom. The summed E-state index contributed by atoms with van der Waals surface area (Å²) in [6, 6.07) is 8.84. The highest BCUT2D eigenvalue weighted by Crippen LogP contribution is 2.25. The van der Waals surface area contributed by atoms with Gasteiger partial charge in [0, 0.05) is 12.6 Å². The van der Waals surface area contributed by atoms with Gasteiger partial charge in [0.25, 0.3) is 0 Å². The van der Waals surface area contributed by atoms with Crippen LogP contribution in [0.2, 0.25) is 0 Å². The molecule has 0 aromatic heterocycles. The lowest BCUT2D eigenvalue weighted by Crippen LogP contribution is -2.48. The second-order valence-electron chi connectivity index (χ2n) is 6.86. The molecule has 0 saturated carbocycles. The van der Waals surface area contributed by atoms with Gasteiger partial charge in [-0.3, -0.25) is 0 Å². The Kier molecular flexibility index (Phi) is 5.79. The van der Waals surface area contributed by atoms with Crippen LogP contribution in [0.4, 0.5) is 0 Å². The van der Waals surface area contributed by atoms with E-state index in [2.05, 4.69) is 58.9 Å². The highest BCUT2D eigenvalue weighted by atomic mass is 16.5. The van der Waals surface area contributed by atoms with Gasteiger partial charge in [-0.05, 0) is 43.2 Å². The molecule has 0 radical (unpaired) electrons. The predicted molar refractivity (Wildman–Crippen MR) is 87.1 cm³/mol. The number of hydrogen-bond donors (Lipinski definition) is 1. The molecule has 0 spiro atoms. The van der Waals surface area contributed by atoms with Crippen molar-refractivity contribution in [2.24, 2.45) is 5.73 Å². The van der Waals surface area contributed by atoms with Gasteiger partial charge in [-0.1, -0.05) is 52.0 Å². The second-order valence-corrected chi connectivity index (χ2v) is 6.86. The molecular weight excluding hydrogens is 246 g/mol. The standard InChI is InChI=1S/C18H31NO/c1-7-18(6,20-8-2)16(19)13-14-9-11-15(12-10-14)17(3,4)5/h9-12,16H,7-8,13,19H2,1-6H3. The Morgan fingerprint density at radius 2 is 1.60 bits per heavy atom. The van der Waals surface area contributed by atoms with E-state index in [1.165, 1.54) is 11.1 Å². The summed E-state index contributed by atoms with van der Waals surface area (Å²) in [7, 11) is 0. The van der Waals surface area contributed by atoms with Crippen molar-refractivity contribution in [2.75, 3.05) is 6.61 Å². The van der Waals surface area contributed by atoms with Crippen LogP contribution in [0.25, 0.3) is 0 Å². The fourth-order valence-electron chi connectivity index (χ4n) is 2.41. The van der Waals surface area contributed by atoms with Crippen LogP contribution in [-0.4, -0.2) is 18.2 Å². The average molecular weight is 277 g/mol. The Morgan fingerprint density at radius 1 is 1.05 bits per heavy atom. The zero-order valence-electron chi connectivity index (χ0n) is 14.0. The van der Waals surface area contributed by atoms with Gasteiger partial charge < -0.3 is 10.5 Å². The van der Waals surface area contributed by atoms with Gasteiger partial charge in [0.1, 0.15) is 0 Å². The van der Waals surface area contributed by atoms with Gasteiger partial charge in [0.2, 0.25) is 0 Å². The molecule has 1 aromatic carbocycles. The van der Waals surface area contributed by atoms with Crippen LogP contribution < -0.4 is 5.73 Å². The van der Waals surface area contributed by atoms with Gasteiger partial charge in [-0.15, -0.1) is 0 Å². The molecule has 0 bridgehead atoms. The van der Waals surface area contributed by atoms with Crippen LogP contribution in [0.3, 0.4) is 0 Å². The third-order valence-electron chi connectivity index (χ3n) is 4.24. The zero-order chi connectivity index (χ0) is 15.4. The average Bonchev–Trinajstić information content (AvgIpc) is 2.38. The Hall–Kier alpha value is -0.860. The number of benzene rings is 1. The van der Waals surface area contributed by atoms with Gasteiger partial charge in [-0.25, -0.2) is 0 Å². The van der Waals surface area contributed by atoms with E-state index in [-0.39, 0.29) is 17.1 Å². The van der Waals surface area contributed by atoms with Crippen LogP contribution in [-0.2, 0) is 16.6 Å². The summed E-state index contributed by atoms with van der Waals surface area (Å²) in [6.07, 6.45) is 1.79. The summed E-state index contributed by atoms with van der Waals surface area (Å²) in [5, 5.41) is 0. The van der Waals surface area contributed by atoms with E-state index in [0.29, 0.717) is 6.61 Å². The fourth-order valence-corrected chi connectivity index (χ4v) is 2.41. The molecule has 0 fully saturated rings. The highest BCUT2D eigenvalue weighted by Gasteiger charge is 2.30. The molecule has 0 heterocycles. The topological polar surface area (TPSA) is 35.2 Å². The molecule has 2 nitrogen and oxygen atoms in total. The minimum atomic E-state index is -0.239. The van der Waals surface area contributed by atoms with Gasteiger partial charge in [0.15, 0.2) is 0 Å². The molecule has 0 aliphatic heterocycles. The molecule has 2 unspecified atom stereocenters. The van der Waals surface area contributed by atoms with E-state index in [1.54, 1.807) is 0 Å². The predicted octanol–water partition coefficient (Wildman–Crippen LogP) is 4.06. The first-order chi connectivity index (χ1) is 9.23. The summed E-state index contributed by atoms with van der Waals surface area (Å²) in [6.45, 7) is 13.7. The third-order valence-corrected chi connectivity index (χ3v) is 4.24. The zero-order valence-corrected chi connectivity index (χ0v) is 14.0.